The molecule has 0 atom stereocenters. The van der Waals surface area contributed by atoms with Crippen LogP contribution in [0.2, 0.25) is 5.02 Å². The molecule has 166 valence electrons. The van der Waals surface area contributed by atoms with Crippen LogP contribution < -0.4 is 4.90 Å². The van der Waals surface area contributed by atoms with Gasteiger partial charge in [-0.25, -0.2) is 9.59 Å². The lowest BCUT2D eigenvalue weighted by Crippen LogP contribution is -2.29. The van der Waals surface area contributed by atoms with Crippen molar-refractivity contribution in [1.29, 1.82) is 0 Å². The second kappa shape index (κ2) is 9.22. The first-order chi connectivity index (χ1) is 15.8. The van der Waals surface area contributed by atoms with Gasteiger partial charge >= 0.3 is 11.9 Å². The summed E-state index contributed by atoms with van der Waals surface area (Å²) in [6, 6.07) is 14.4. The Morgan fingerprint density at radius 1 is 1.15 bits per heavy atom. The van der Waals surface area contributed by atoms with Crippen LogP contribution in [-0.2, 0) is 9.53 Å². The van der Waals surface area contributed by atoms with Gasteiger partial charge in [0.15, 0.2) is 4.32 Å². The quantitative estimate of drug-likeness (QED) is 0.279. The van der Waals surface area contributed by atoms with Crippen molar-refractivity contribution in [3.63, 3.8) is 0 Å². The molecule has 2 aromatic carbocycles. The third kappa shape index (κ3) is 4.43. The van der Waals surface area contributed by atoms with Crippen LogP contribution in [0.25, 0.3) is 17.4 Å². The van der Waals surface area contributed by atoms with Crippen molar-refractivity contribution in [1.82, 2.24) is 0 Å². The van der Waals surface area contributed by atoms with Gasteiger partial charge in [-0.15, -0.1) is 0 Å². The first-order valence-electron chi connectivity index (χ1n) is 9.38. The Bertz CT molecular complexity index is 1350. The highest BCUT2D eigenvalue weighted by Crippen LogP contribution is 2.38. The highest BCUT2D eigenvalue weighted by Gasteiger charge is 2.35. The average molecular weight is 500 g/mol. The SMILES string of the molecule is COC(=O)c1ccccc1N1C(=O)C(=Cc2ccc(-c3ccc(Cl)c(C(=O)O)c3)o2)SC1=S. The maximum atomic E-state index is 13.1. The zero-order valence-corrected chi connectivity index (χ0v) is 19.3. The maximum absolute atomic E-state index is 13.1. The lowest BCUT2D eigenvalue weighted by Gasteiger charge is -2.17. The summed E-state index contributed by atoms with van der Waals surface area (Å²) >= 11 is 12.4. The van der Waals surface area contributed by atoms with Crippen molar-refractivity contribution >= 4 is 69.5 Å². The van der Waals surface area contributed by atoms with Crippen molar-refractivity contribution in [3.8, 4) is 11.3 Å². The number of furan rings is 1. The largest absolute Gasteiger partial charge is 0.478 e. The predicted octanol–water partition coefficient (Wildman–Crippen LogP) is 5.49. The van der Waals surface area contributed by atoms with E-state index >= 15 is 0 Å². The van der Waals surface area contributed by atoms with Crippen LogP contribution in [0.5, 0.6) is 0 Å². The second-order valence-electron chi connectivity index (χ2n) is 6.73. The van der Waals surface area contributed by atoms with Crippen LogP contribution in [0.3, 0.4) is 0 Å². The number of carboxylic acid groups (broad SMARTS) is 1. The van der Waals surface area contributed by atoms with Crippen molar-refractivity contribution in [2.75, 3.05) is 12.0 Å². The number of carbonyl (C=O) groups excluding carboxylic acids is 2. The number of amides is 1. The fourth-order valence-corrected chi connectivity index (χ4v) is 4.65. The zero-order valence-electron chi connectivity index (χ0n) is 16.9. The molecule has 2 heterocycles. The monoisotopic (exact) mass is 499 g/mol. The van der Waals surface area contributed by atoms with E-state index < -0.39 is 17.8 Å². The number of hydrogen-bond donors (Lipinski definition) is 1. The Kier molecular flexibility index (Phi) is 6.37. The van der Waals surface area contributed by atoms with E-state index in [1.54, 1.807) is 42.5 Å². The number of esters is 1. The Morgan fingerprint density at radius 3 is 2.64 bits per heavy atom. The summed E-state index contributed by atoms with van der Waals surface area (Å²) in [5.74, 6) is -1.35. The molecule has 1 aromatic heterocycles. The van der Waals surface area contributed by atoms with Crippen LogP contribution in [0.15, 0.2) is 63.9 Å². The number of benzene rings is 2. The van der Waals surface area contributed by atoms with E-state index in [4.69, 9.17) is 33.0 Å². The molecular weight excluding hydrogens is 486 g/mol. The molecule has 10 heteroatoms. The average Bonchev–Trinajstić information content (AvgIpc) is 3.37. The van der Waals surface area contributed by atoms with Crippen LogP contribution in [0, 0.1) is 0 Å². The number of anilines is 1. The molecule has 0 spiro atoms. The number of ether oxygens (including phenoxy) is 1. The van der Waals surface area contributed by atoms with Crippen molar-refractivity contribution in [3.05, 3.63) is 81.4 Å². The summed E-state index contributed by atoms with van der Waals surface area (Å²) in [6.07, 6.45) is 1.54. The van der Waals surface area contributed by atoms with Gasteiger partial charge in [0.05, 0.1) is 33.9 Å². The lowest BCUT2D eigenvalue weighted by atomic mass is 10.1. The third-order valence-electron chi connectivity index (χ3n) is 4.73. The number of thioether (sulfide) groups is 1. The van der Waals surface area contributed by atoms with Crippen LogP contribution >= 0.6 is 35.6 Å². The molecule has 0 bridgehead atoms. The van der Waals surface area contributed by atoms with Crippen molar-refractivity contribution < 1.29 is 28.6 Å². The molecule has 1 amide bonds. The van der Waals surface area contributed by atoms with Crippen molar-refractivity contribution in [2.45, 2.75) is 0 Å². The predicted molar refractivity (Wildman–Crippen MR) is 130 cm³/mol. The van der Waals surface area contributed by atoms with Gasteiger partial charge in [0, 0.05) is 11.6 Å². The molecule has 1 N–H and O–H groups in total. The normalized spacial score (nSPS) is 14.7. The Morgan fingerprint density at radius 2 is 1.91 bits per heavy atom. The van der Waals surface area contributed by atoms with Crippen LogP contribution in [-0.4, -0.2) is 34.4 Å². The molecule has 0 aliphatic carbocycles. The molecule has 7 nitrogen and oxygen atoms in total. The summed E-state index contributed by atoms with van der Waals surface area (Å²) in [7, 11) is 1.26. The smallest absolute Gasteiger partial charge is 0.339 e. The molecule has 0 radical (unpaired) electrons. The molecule has 4 rings (SSSR count). The number of hydrogen-bond acceptors (Lipinski definition) is 7. The maximum Gasteiger partial charge on any atom is 0.339 e. The number of methoxy groups -OCH3 is 1. The molecule has 1 saturated heterocycles. The summed E-state index contributed by atoms with van der Waals surface area (Å²) in [4.78, 5) is 38.1. The van der Waals surface area contributed by atoms with E-state index in [9.17, 15) is 19.5 Å². The first-order valence-corrected chi connectivity index (χ1v) is 11.0. The zero-order chi connectivity index (χ0) is 23.7. The van der Waals surface area contributed by atoms with Gasteiger partial charge in [0.2, 0.25) is 0 Å². The number of nitrogens with zero attached hydrogens (tertiary/aromatic N) is 1. The van der Waals surface area contributed by atoms with Gasteiger partial charge in [0.25, 0.3) is 5.91 Å². The number of carboxylic acids is 1. The number of rotatable bonds is 5. The minimum atomic E-state index is -1.15. The fourth-order valence-electron chi connectivity index (χ4n) is 3.18. The Balaban J connectivity index is 1.64. The summed E-state index contributed by atoms with van der Waals surface area (Å²) in [5.41, 5.74) is 1.03. The van der Waals surface area contributed by atoms with E-state index in [-0.39, 0.29) is 20.5 Å². The molecule has 1 aliphatic heterocycles. The van der Waals surface area contributed by atoms with Gasteiger partial charge in [-0.1, -0.05) is 47.7 Å². The number of thiocarbonyl (C=S) groups is 1. The number of carbonyl (C=O) groups is 3. The highest BCUT2D eigenvalue weighted by molar-refractivity contribution is 8.27. The van der Waals surface area contributed by atoms with Gasteiger partial charge < -0.3 is 14.3 Å². The topological polar surface area (TPSA) is 97.0 Å². The van der Waals surface area contributed by atoms with E-state index in [2.05, 4.69) is 0 Å². The van der Waals surface area contributed by atoms with Crippen molar-refractivity contribution in [2.24, 2.45) is 0 Å². The minimum Gasteiger partial charge on any atom is -0.478 e. The Labute approximate surface area is 202 Å². The molecule has 3 aromatic rings. The third-order valence-corrected chi connectivity index (χ3v) is 6.36. The lowest BCUT2D eigenvalue weighted by molar-refractivity contribution is -0.113. The molecule has 0 unspecified atom stereocenters. The van der Waals surface area contributed by atoms with Crippen LogP contribution in [0.1, 0.15) is 26.5 Å². The van der Waals surface area contributed by atoms with Gasteiger partial charge in [0.1, 0.15) is 11.5 Å². The molecule has 1 fully saturated rings. The molecule has 1 aliphatic rings. The summed E-state index contributed by atoms with van der Waals surface area (Å²) < 4.78 is 10.9. The number of aromatic carboxylic acids is 1. The second-order valence-corrected chi connectivity index (χ2v) is 8.81. The van der Waals surface area contributed by atoms with Gasteiger partial charge in [-0.2, -0.15) is 0 Å². The van der Waals surface area contributed by atoms with Gasteiger partial charge in [-0.05, 0) is 42.5 Å². The van der Waals surface area contributed by atoms with E-state index in [1.165, 1.54) is 30.2 Å². The van der Waals surface area contributed by atoms with E-state index in [0.29, 0.717) is 27.7 Å². The molecular formula is C23H14ClNO6S2. The summed E-state index contributed by atoms with van der Waals surface area (Å²) in [6.45, 7) is 0. The fraction of sp³-hybridized carbons (Fsp3) is 0.0435. The highest BCUT2D eigenvalue weighted by atomic mass is 35.5. The molecule has 0 saturated carbocycles. The van der Waals surface area contributed by atoms with Crippen LogP contribution in [0.4, 0.5) is 5.69 Å². The summed E-state index contributed by atoms with van der Waals surface area (Å²) in [5, 5.41) is 9.38. The van der Waals surface area contributed by atoms with E-state index in [1.807, 2.05) is 0 Å². The minimum absolute atomic E-state index is 0.0442. The first kappa shape index (κ1) is 22.8. The number of halogens is 1. The van der Waals surface area contributed by atoms with Gasteiger partial charge in [-0.3, -0.25) is 9.69 Å². The number of para-hydroxylation sites is 1. The van der Waals surface area contributed by atoms with E-state index in [0.717, 1.165) is 11.8 Å². The molecule has 33 heavy (non-hydrogen) atoms. The Hall–Kier alpha value is -3.40. The standard InChI is InChI=1S/C23H14ClNO6S2/c1-30-22(29)14-4-2-3-5-17(14)25-20(26)19(33-23(25)32)11-13-7-9-18(31-13)12-6-8-16(24)15(10-12)21(27)28/h2-11H,1H3,(H,27,28).